The van der Waals surface area contributed by atoms with E-state index in [0.717, 1.165) is 30.2 Å². The van der Waals surface area contributed by atoms with Crippen molar-refractivity contribution in [2.45, 2.75) is 25.8 Å². The van der Waals surface area contributed by atoms with Gasteiger partial charge in [-0.3, -0.25) is 19.4 Å². The summed E-state index contributed by atoms with van der Waals surface area (Å²) < 4.78 is 0. The quantitative estimate of drug-likeness (QED) is 0.419. The molecule has 3 rings (SSSR count). The van der Waals surface area contributed by atoms with Gasteiger partial charge in [0.2, 0.25) is 5.91 Å². The smallest absolute Gasteiger partial charge is 0.313 e. The van der Waals surface area contributed by atoms with Gasteiger partial charge in [-0.2, -0.15) is 0 Å². The molecule has 9 nitrogen and oxygen atoms in total. The van der Waals surface area contributed by atoms with Gasteiger partial charge < -0.3 is 27.1 Å². The Morgan fingerprint density at radius 3 is 2.50 bits per heavy atom. The van der Waals surface area contributed by atoms with E-state index in [-0.39, 0.29) is 23.2 Å². The molecule has 0 aliphatic carbocycles. The Kier molecular flexibility index (Phi) is 6.99. The van der Waals surface area contributed by atoms with Gasteiger partial charge in [0.1, 0.15) is 0 Å². The lowest BCUT2D eigenvalue weighted by Crippen LogP contribution is -2.46. The van der Waals surface area contributed by atoms with Crippen LogP contribution in [0.3, 0.4) is 0 Å². The molecule has 6 N–H and O–H groups in total. The maximum Gasteiger partial charge on any atom is 0.313 e. The second-order valence-corrected chi connectivity index (χ2v) is 7.85. The number of nitrogens with zero attached hydrogens (tertiary/aromatic N) is 2. The summed E-state index contributed by atoms with van der Waals surface area (Å²) in [7, 11) is 0. The number of likely N-dealkylation sites (tertiary alicyclic amines) is 1. The number of nitrogens with one attached hydrogen (secondary N) is 2. The van der Waals surface area contributed by atoms with Gasteiger partial charge in [0.25, 0.3) is 0 Å². The van der Waals surface area contributed by atoms with Crippen molar-refractivity contribution >= 4 is 35.3 Å². The second kappa shape index (κ2) is 9.86. The van der Waals surface area contributed by atoms with E-state index >= 15 is 0 Å². The summed E-state index contributed by atoms with van der Waals surface area (Å²) in [6.07, 6.45) is 6.91. The Morgan fingerprint density at radius 1 is 1.12 bits per heavy atom. The Labute approximate surface area is 186 Å². The molecule has 166 valence electrons. The van der Waals surface area contributed by atoms with E-state index in [1.165, 1.54) is 24.5 Å². The highest BCUT2D eigenvalue weighted by molar-refractivity contribution is 6.39. The van der Waals surface area contributed by atoms with E-state index < -0.39 is 17.7 Å². The van der Waals surface area contributed by atoms with Gasteiger partial charge in [-0.15, -0.1) is 0 Å². The van der Waals surface area contributed by atoms with Crippen LogP contribution in [-0.4, -0.2) is 40.4 Å². The fourth-order valence-electron chi connectivity index (χ4n) is 3.77. The Balaban J connectivity index is 1.80. The molecule has 1 saturated heterocycles. The number of rotatable bonds is 5. The van der Waals surface area contributed by atoms with Gasteiger partial charge in [-0.1, -0.05) is 31.2 Å². The zero-order chi connectivity index (χ0) is 23.3. The maximum absolute atomic E-state index is 13.1. The average Bonchev–Trinajstić information content (AvgIpc) is 2.79. The summed E-state index contributed by atoms with van der Waals surface area (Å²) in [5.41, 5.74) is 13.7. The number of carbonyl (C=O) groups excluding carboxylic acids is 3. The standard InChI is InChI=1S/C23H26N6O3/c1-14-2-7-20(16-5-3-15(4-6-16)19(25)8-9-24)29(13-14)23(32)22(31)28-18-10-17(21(26)30)11-27-12-18/h3-6,8-12,14,20,24H,2,7,13,25H2,1H3,(H2,26,30)(H,28,31)/b19-8-,24-9?/t14-,20+/m1/s1. The van der Waals surface area contributed by atoms with Crippen molar-refractivity contribution in [3.63, 3.8) is 0 Å². The molecule has 2 aromatic rings. The molecular weight excluding hydrogens is 408 g/mol. The summed E-state index contributed by atoms with van der Waals surface area (Å²) in [6, 6.07) is 8.58. The van der Waals surface area contributed by atoms with Crippen LogP contribution < -0.4 is 16.8 Å². The summed E-state index contributed by atoms with van der Waals surface area (Å²) in [4.78, 5) is 42.5. The molecule has 0 spiro atoms. The van der Waals surface area contributed by atoms with Crippen LogP contribution in [0.5, 0.6) is 0 Å². The number of primary amides is 1. The van der Waals surface area contributed by atoms with Gasteiger partial charge in [0, 0.05) is 24.7 Å². The molecule has 1 fully saturated rings. The Morgan fingerprint density at radius 2 is 1.84 bits per heavy atom. The largest absolute Gasteiger partial charge is 0.398 e. The first-order chi connectivity index (χ1) is 15.3. The molecule has 0 radical (unpaired) electrons. The minimum atomic E-state index is -0.803. The fraction of sp³-hybridized carbons (Fsp3) is 0.261. The number of carbonyl (C=O) groups is 3. The Bertz CT molecular complexity index is 1060. The fourth-order valence-corrected chi connectivity index (χ4v) is 3.77. The highest BCUT2D eigenvalue weighted by Gasteiger charge is 2.34. The van der Waals surface area contributed by atoms with Crippen LogP contribution in [0, 0.1) is 11.3 Å². The van der Waals surface area contributed by atoms with Gasteiger partial charge in [-0.05, 0) is 42.0 Å². The molecule has 1 aliphatic heterocycles. The van der Waals surface area contributed by atoms with E-state index in [4.69, 9.17) is 16.9 Å². The summed E-state index contributed by atoms with van der Waals surface area (Å²) in [6.45, 7) is 2.49. The molecule has 32 heavy (non-hydrogen) atoms. The number of benzene rings is 1. The van der Waals surface area contributed by atoms with Crippen molar-refractivity contribution in [1.29, 1.82) is 5.41 Å². The molecule has 9 heteroatoms. The number of hydrogen-bond donors (Lipinski definition) is 4. The number of hydrogen-bond acceptors (Lipinski definition) is 6. The zero-order valence-electron chi connectivity index (χ0n) is 17.7. The first-order valence-corrected chi connectivity index (χ1v) is 10.2. The monoisotopic (exact) mass is 434 g/mol. The summed E-state index contributed by atoms with van der Waals surface area (Å²) >= 11 is 0. The number of allylic oxidation sites excluding steroid dienone is 1. The van der Waals surface area contributed by atoms with E-state index in [1.807, 2.05) is 31.2 Å². The second-order valence-electron chi connectivity index (χ2n) is 7.85. The number of aromatic nitrogens is 1. The van der Waals surface area contributed by atoms with Crippen molar-refractivity contribution in [3.8, 4) is 0 Å². The maximum atomic E-state index is 13.1. The van der Waals surface area contributed by atoms with E-state index in [9.17, 15) is 14.4 Å². The normalized spacial score (nSPS) is 18.7. The summed E-state index contributed by atoms with van der Waals surface area (Å²) in [5.74, 6) is -1.88. The predicted molar refractivity (Wildman–Crippen MR) is 122 cm³/mol. The minimum absolute atomic E-state index is 0.135. The molecule has 2 heterocycles. The van der Waals surface area contributed by atoms with Crippen LogP contribution in [0.25, 0.3) is 5.70 Å². The lowest BCUT2D eigenvalue weighted by atomic mass is 9.89. The van der Waals surface area contributed by atoms with Crippen LogP contribution in [-0.2, 0) is 9.59 Å². The first-order valence-electron chi connectivity index (χ1n) is 10.2. The number of anilines is 1. The van der Waals surface area contributed by atoms with Gasteiger partial charge in [0.15, 0.2) is 0 Å². The van der Waals surface area contributed by atoms with Crippen molar-refractivity contribution in [3.05, 3.63) is 65.5 Å². The molecule has 0 unspecified atom stereocenters. The average molecular weight is 435 g/mol. The highest BCUT2D eigenvalue weighted by Crippen LogP contribution is 2.34. The Hall–Kier alpha value is -4.01. The molecule has 1 aliphatic rings. The number of pyridine rings is 1. The third-order valence-corrected chi connectivity index (χ3v) is 5.44. The number of nitrogens with two attached hydrogens (primary N) is 2. The first kappa shape index (κ1) is 22.7. The van der Waals surface area contributed by atoms with Gasteiger partial charge >= 0.3 is 11.8 Å². The summed E-state index contributed by atoms with van der Waals surface area (Å²) in [5, 5.41) is 9.65. The van der Waals surface area contributed by atoms with E-state index in [0.29, 0.717) is 12.2 Å². The molecule has 1 aromatic carbocycles. The van der Waals surface area contributed by atoms with Crippen molar-refractivity contribution in [1.82, 2.24) is 9.88 Å². The lowest BCUT2D eigenvalue weighted by molar-refractivity contribution is -0.146. The topological polar surface area (TPSA) is 155 Å². The molecular formula is C23H26N6O3. The molecule has 3 amide bonds. The van der Waals surface area contributed by atoms with Gasteiger partial charge in [0.05, 0.1) is 23.5 Å². The van der Waals surface area contributed by atoms with Crippen molar-refractivity contribution in [2.75, 3.05) is 11.9 Å². The molecule has 2 atom stereocenters. The van der Waals surface area contributed by atoms with Crippen LogP contribution in [0.15, 0.2) is 48.8 Å². The molecule has 1 aromatic heterocycles. The third-order valence-electron chi connectivity index (χ3n) is 5.44. The highest BCUT2D eigenvalue weighted by atomic mass is 16.2. The SMILES string of the molecule is C[C@@H]1CC[C@@H](c2ccc(/C(N)=C/C=N)cc2)N(C(=O)C(=O)Nc2cncc(C(N)=O)c2)C1. The van der Waals surface area contributed by atoms with E-state index in [2.05, 4.69) is 10.3 Å². The number of amides is 3. The molecule has 0 saturated carbocycles. The van der Waals surface area contributed by atoms with Gasteiger partial charge in [-0.25, -0.2) is 0 Å². The van der Waals surface area contributed by atoms with Crippen LogP contribution in [0.1, 0.15) is 47.3 Å². The van der Waals surface area contributed by atoms with Crippen LogP contribution in [0.4, 0.5) is 5.69 Å². The van der Waals surface area contributed by atoms with Crippen molar-refractivity contribution < 1.29 is 14.4 Å². The number of piperidine rings is 1. The van der Waals surface area contributed by atoms with E-state index in [1.54, 1.807) is 4.90 Å². The minimum Gasteiger partial charge on any atom is -0.398 e. The zero-order valence-corrected chi connectivity index (χ0v) is 17.7. The van der Waals surface area contributed by atoms with Crippen LogP contribution >= 0.6 is 0 Å². The van der Waals surface area contributed by atoms with Crippen molar-refractivity contribution in [2.24, 2.45) is 17.4 Å². The predicted octanol–water partition coefficient (Wildman–Crippen LogP) is 2.07. The third kappa shape index (κ3) is 5.18. The molecule has 0 bridgehead atoms. The lowest BCUT2D eigenvalue weighted by Gasteiger charge is -2.38. The van der Waals surface area contributed by atoms with Crippen LogP contribution in [0.2, 0.25) is 0 Å².